The average Bonchev–Trinajstić information content (AvgIpc) is 2.19. The van der Waals surface area contributed by atoms with E-state index in [1.807, 2.05) is 6.07 Å². The van der Waals surface area contributed by atoms with E-state index >= 15 is 0 Å². The van der Waals surface area contributed by atoms with Crippen molar-refractivity contribution in [3.8, 4) is 0 Å². The van der Waals surface area contributed by atoms with Gasteiger partial charge in [0.1, 0.15) is 0 Å². The maximum absolute atomic E-state index is 11.5. The molecule has 0 heterocycles. The molecule has 0 aliphatic rings. The topological polar surface area (TPSA) is 57.5 Å². The van der Waals surface area contributed by atoms with Crippen LogP contribution in [0.25, 0.3) is 0 Å². The van der Waals surface area contributed by atoms with Gasteiger partial charge in [0.2, 0.25) is 0 Å². The molecule has 14 heavy (non-hydrogen) atoms. The first-order valence-corrected chi connectivity index (χ1v) is 4.61. The fraction of sp³-hybridized carbons (Fsp3) is 0.364. The molecule has 3 heteroatoms. The molecule has 0 bridgehead atoms. The van der Waals surface area contributed by atoms with Crippen molar-refractivity contribution in [1.82, 2.24) is 0 Å². The van der Waals surface area contributed by atoms with Crippen LogP contribution in [0.15, 0.2) is 30.3 Å². The molecule has 1 aromatic carbocycles. The summed E-state index contributed by atoms with van der Waals surface area (Å²) in [5, 5.41) is 17.8. The van der Waals surface area contributed by atoms with Crippen LogP contribution in [0.3, 0.4) is 0 Å². The molecular weight excluding hydrogens is 180 g/mol. The first-order chi connectivity index (χ1) is 6.74. The van der Waals surface area contributed by atoms with Gasteiger partial charge < -0.3 is 10.2 Å². The second kappa shape index (κ2) is 5.52. The fourth-order valence-electron chi connectivity index (χ4n) is 1.21. The van der Waals surface area contributed by atoms with Gasteiger partial charge in [-0.05, 0) is 6.42 Å². The van der Waals surface area contributed by atoms with Gasteiger partial charge in [-0.25, -0.2) is 0 Å². The minimum absolute atomic E-state index is 0.0740. The smallest absolute Gasteiger partial charge is 0.165 e. The largest absolute Gasteiger partial charge is 0.396 e. The Labute approximate surface area is 83.0 Å². The van der Waals surface area contributed by atoms with Crippen molar-refractivity contribution in [3.05, 3.63) is 35.9 Å². The number of hydrogen-bond donors (Lipinski definition) is 2. The van der Waals surface area contributed by atoms with E-state index in [1.54, 1.807) is 24.3 Å². The molecule has 1 aromatic rings. The van der Waals surface area contributed by atoms with Crippen molar-refractivity contribution in [3.63, 3.8) is 0 Å². The summed E-state index contributed by atoms with van der Waals surface area (Å²) >= 11 is 0. The van der Waals surface area contributed by atoms with E-state index in [2.05, 4.69) is 0 Å². The highest BCUT2D eigenvalue weighted by Gasteiger charge is 2.11. The lowest BCUT2D eigenvalue weighted by atomic mass is 10.0. The van der Waals surface area contributed by atoms with Gasteiger partial charge in [0.25, 0.3) is 0 Å². The molecule has 76 valence electrons. The SMILES string of the molecule is O=C(CC(O)CCO)c1ccccc1. The lowest BCUT2D eigenvalue weighted by Crippen LogP contribution is -2.14. The summed E-state index contributed by atoms with van der Waals surface area (Å²) in [6.07, 6.45) is -0.420. The van der Waals surface area contributed by atoms with Gasteiger partial charge >= 0.3 is 0 Å². The highest BCUT2D eigenvalue weighted by molar-refractivity contribution is 5.96. The van der Waals surface area contributed by atoms with Crippen LogP contribution in [-0.4, -0.2) is 28.7 Å². The summed E-state index contributed by atoms with van der Waals surface area (Å²) in [7, 11) is 0. The predicted octanol–water partition coefficient (Wildman–Crippen LogP) is 1.00. The molecular formula is C11H14O3. The molecule has 1 atom stereocenters. The maximum Gasteiger partial charge on any atom is 0.165 e. The van der Waals surface area contributed by atoms with Crippen molar-refractivity contribution < 1.29 is 15.0 Å². The Hall–Kier alpha value is -1.19. The van der Waals surface area contributed by atoms with Crippen LogP contribution in [0, 0.1) is 0 Å². The van der Waals surface area contributed by atoms with Crippen molar-refractivity contribution in [2.24, 2.45) is 0 Å². The summed E-state index contributed by atoms with van der Waals surface area (Å²) in [6, 6.07) is 8.83. The van der Waals surface area contributed by atoms with E-state index in [0.717, 1.165) is 0 Å². The van der Waals surface area contributed by atoms with E-state index in [4.69, 9.17) is 5.11 Å². The molecule has 0 fully saturated rings. The quantitative estimate of drug-likeness (QED) is 0.687. The van der Waals surface area contributed by atoms with E-state index < -0.39 is 6.10 Å². The van der Waals surface area contributed by atoms with Crippen LogP contribution in [0.5, 0.6) is 0 Å². The number of rotatable bonds is 5. The van der Waals surface area contributed by atoms with Crippen LogP contribution in [-0.2, 0) is 0 Å². The molecule has 3 nitrogen and oxygen atoms in total. The molecule has 1 unspecified atom stereocenters. The highest BCUT2D eigenvalue weighted by atomic mass is 16.3. The lowest BCUT2D eigenvalue weighted by molar-refractivity contribution is 0.0830. The summed E-state index contributed by atoms with van der Waals surface area (Å²) in [4.78, 5) is 11.5. The summed E-state index contributed by atoms with van der Waals surface area (Å²) in [6.45, 7) is -0.0940. The van der Waals surface area contributed by atoms with Crippen LogP contribution in [0.4, 0.5) is 0 Å². The zero-order valence-electron chi connectivity index (χ0n) is 7.89. The molecule has 1 rings (SSSR count). The second-order valence-electron chi connectivity index (χ2n) is 3.16. The number of benzene rings is 1. The molecule has 0 spiro atoms. The normalized spacial score (nSPS) is 12.4. The zero-order valence-corrected chi connectivity index (χ0v) is 7.89. The van der Waals surface area contributed by atoms with Crippen LogP contribution >= 0.6 is 0 Å². The average molecular weight is 194 g/mol. The van der Waals surface area contributed by atoms with Crippen molar-refractivity contribution in [2.75, 3.05) is 6.61 Å². The monoisotopic (exact) mass is 194 g/mol. The van der Waals surface area contributed by atoms with E-state index in [0.29, 0.717) is 5.56 Å². The summed E-state index contributed by atoms with van der Waals surface area (Å²) < 4.78 is 0. The van der Waals surface area contributed by atoms with E-state index in [-0.39, 0.29) is 25.2 Å². The first kappa shape index (κ1) is 10.9. The van der Waals surface area contributed by atoms with Gasteiger partial charge in [0.15, 0.2) is 5.78 Å². The Morgan fingerprint density at radius 3 is 2.50 bits per heavy atom. The number of carbonyl (C=O) groups is 1. The molecule has 2 N–H and O–H groups in total. The Morgan fingerprint density at radius 1 is 1.29 bits per heavy atom. The standard InChI is InChI=1S/C11H14O3/c12-7-6-10(13)8-11(14)9-4-2-1-3-5-9/h1-5,10,12-13H,6-8H2. The van der Waals surface area contributed by atoms with Gasteiger partial charge in [-0.15, -0.1) is 0 Å². The molecule has 0 saturated carbocycles. The van der Waals surface area contributed by atoms with Crippen LogP contribution in [0.2, 0.25) is 0 Å². The second-order valence-corrected chi connectivity index (χ2v) is 3.16. The number of hydrogen-bond acceptors (Lipinski definition) is 3. The molecule has 0 aliphatic carbocycles. The van der Waals surface area contributed by atoms with Crippen LogP contribution < -0.4 is 0 Å². The third-order valence-electron chi connectivity index (χ3n) is 1.98. The van der Waals surface area contributed by atoms with Crippen molar-refractivity contribution in [2.45, 2.75) is 18.9 Å². The summed E-state index contributed by atoms with van der Waals surface area (Å²) in [5.41, 5.74) is 0.601. The highest BCUT2D eigenvalue weighted by Crippen LogP contribution is 2.06. The lowest BCUT2D eigenvalue weighted by Gasteiger charge is -2.07. The Morgan fingerprint density at radius 2 is 1.93 bits per heavy atom. The van der Waals surface area contributed by atoms with Gasteiger partial charge in [0, 0.05) is 18.6 Å². The number of Topliss-reactive ketones (excluding diaryl/α,β-unsaturated/α-hetero) is 1. The Bertz CT molecular complexity index is 282. The van der Waals surface area contributed by atoms with Gasteiger partial charge in [-0.1, -0.05) is 30.3 Å². The van der Waals surface area contributed by atoms with Gasteiger partial charge in [0.05, 0.1) is 6.10 Å². The Balaban J connectivity index is 2.51. The number of aliphatic hydroxyl groups is 2. The van der Waals surface area contributed by atoms with E-state index in [1.165, 1.54) is 0 Å². The minimum Gasteiger partial charge on any atom is -0.396 e. The Kier molecular flexibility index (Phi) is 4.29. The van der Waals surface area contributed by atoms with Gasteiger partial charge in [-0.2, -0.15) is 0 Å². The third-order valence-corrected chi connectivity index (χ3v) is 1.98. The molecule has 0 amide bonds. The zero-order chi connectivity index (χ0) is 10.4. The number of ketones is 1. The van der Waals surface area contributed by atoms with E-state index in [9.17, 15) is 9.90 Å². The summed E-state index contributed by atoms with van der Waals surface area (Å²) in [5.74, 6) is -0.0912. The maximum atomic E-state index is 11.5. The molecule has 0 saturated heterocycles. The first-order valence-electron chi connectivity index (χ1n) is 4.61. The van der Waals surface area contributed by atoms with Gasteiger partial charge in [-0.3, -0.25) is 4.79 Å². The molecule has 0 radical (unpaired) electrons. The van der Waals surface area contributed by atoms with Crippen molar-refractivity contribution >= 4 is 5.78 Å². The predicted molar refractivity (Wildman–Crippen MR) is 53.1 cm³/mol. The number of aliphatic hydroxyl groups excluding tert-OH is 2. The third kappa shape index (κ3) is 3.28. The van der Waals surface area contributed by atoms with Crippen LogP contribution in [0.1, 0.15) is 23.2 Å². The fourth-order valence-corrected chi connectivity index (χ4v) is 1.21. The molecule has 0 aliphatic heterocycles. The molecule has 0 aromatic heterocycles. The number of carbonyl (C=O) groups excluding carboxylic acids is 1. The van der Waals surface area contributed by atoms with Crippen molar-refractivity contribution in [1.29, 1.82) is 0 Å². The minimum atomic E-state index is -0.743.